The van der Waals surface area contributed by atoms with Crippen LogP contribution in [0.15, 0.2) is 29.1 Å². The molecule has 1 amide bonds. The van der Waals surface area contributed by atoms with Gasteiger partial charge >= 0.3 is 0 Å². The van der Waals surface area contributed by atoms with E-state index in [9.17, 15) is 9.59 Å². The molecule has 3 heterocycles. The van der Waals surface area contributed by atoms with Gasteiger partial charge in [0.15, 0.2) is 0 Å². The molecule has 5 rings (SSSR count). The number of amides is 1. The van der Waals surface area contributed by atoms with Crippen LogP contribution >= 0.6 is 11.3 Å². The van der Waals surface area contributed by atoms with Crippen LogP contribution in [0.4, 0.5) is 5.69 Å². The zero-order valence-corrected chi connectivity index (χ0v) is 22.5. The van der Waals surface area contributed by atoms with Crippen LogP contribution < -0.4 is 15.2 Å². The predicted octanol–water partition coefficient (Wildman–Crippen LogP) is 4.43. The summed E-state index contributed by atoms with van der Waals surface area (Å²) in [6.07, 6.45) is 3.88. The molecular weight excluding hydrogens is 472 g/mol. The van der Waals surface area contributed by atoms with Crippen molar-refractivity contribution in [2.24, 2.45) is 11.3 Å². The van der Waals surface area contributed by atoms with E-state index in [-0.39, 0.29) is 16.9 Å². The number of aromatic nitrogens is 2. The number of H-pyrrole nitrogens is 1. The molecule has 1 aromatic carbocycles. The van der Waals surface area contributed by atoms with Crippen LogP contribution in [0.2, 0.25) is 0 Å². The average Bonchev–Trinajstić information content (AvgIpc) is 3.25. The lowest BCUT2D eigenvalue weighted by atomic mass is 9.72. The van der Waals surface area contributed by atoms with Crippen LogP contribution in [0.5, 0.6) is 5.75 Å². The number of thiophene rings is 1. The number of hydrogen-bond acceptors (Lipinski definition) is 6. The Bertz CT molecular complexity index is 1310. The Morgan fingerprint density at radius 2 is 1.94 bits per heavy atom. The van der Waals surface area contributed by atoms with Crippen molar-refractivity contribution in [3.8, 4) is 5.75 Å². The first-order chi connectivity index (χ1) is 17.2. The van der Waals surface area contributed by atoms with E-state index in [4.69, 9.17) is 9.72 Å². The summed E-state index contributed by atoms with van der Waals surface area (Å²) in [6, 6.07) is 7.99. The number of methoxy groups -OCH3 is 1. The molecule has 7 nitrogen and oxygen atoms in total. The van der Waals surface area contributed by atoms with Gasteiger partial charge in [0.2, 0.25) is 5.91 Å². The molecule has 0 saturated carbocycles. The Hall–Kier alpha value is -2.87. The van der Waals surface area contributed by atoms with Crippen LogP contribution in [0.25, 0.3) is 10.2 Å². The molecule has 0 bridgehead atoms. The molecule has 3 aromatic rings. The van der Waals surface area contributed by atoms with Crippen molar-refractivity contribution >= 4 is 33.1 Å². The molecule has 0 spiro atoms. The summed E-state index contributed by atoms with van der Waals surface area (Å²) in [4.78, 5) is 40.0. The highest BCUT2D eigenvalue weighted by atomic mass is 32.1. The number of piperazine rings is 1. The first kappa shape index (κ1) is 24.8. The maximum Gasteiger partial charge on any atom is 0.259 e. The summed E-state index contributed by atoms with van der Waals surface area (Å²) < 4.78 is 5.49. The van der Waals surface area contributed by atoms with Crippen LogP contribution in [-0.4, -0.2) is 54.1 Å². The summed E-state index contributed by atoms with van der Waals surface area (Å²) in [5.41, 5.74) is 2.46. The third-order valence-corrected chi connectivity index (χ3v) is 8.97. The van der Waals surface area contributed by atoms with E-state index in [2.05, 4.69) is 36.7 Å². The minimum absolute atomic E-state index is 0.0559. The Labute approximate surface area is 216 Å². The molecule has 1 N–H and O–H groups in total. The normalized spacial score (nSPS) is 18.4. The fourth-order valence-electron chi connectivity index (χ4n) is 5.56. The van der Waals surface area contributed by atoms with Crippen molar-refractivity contribution in [3.05, 3.63) is 50.9 Å². The number of rotatable bonds is 5. The second kappa shape index (κ2) is 9.88. The zero-order valence-electron chi connectivity index (χ0n) is 21.7. The molecule has 36 heavy (non-hydrogen) atoms. The summed E-state index contributed by atoms with van der Waals surface area (Å²) in [6.45, 7) is 9.78. The number of para-hydroxylation sites is 2. The quantitative estimate of drug-likeness (QED) is 0.552. The SMILES string of the molecule is COc1ccccc1N1CCN(C(=O)CCc2nc3sc4c(c3c(=O)[nH]2)CC[C@H](C(C)(C)C)C4)CC1. The molecule has 1 saturated heterocycles. The maximum atomic E-state index is 13.0. The standard InChI is InChI=1S/C28H36N4O3S/c1-28(2,3)18-9-10-19-22(17-18)36-27-25(19)26(34)29-23(30-27)11-12-24(33)32-15-13-31(14-16-32)20-7-5-6-8-21(20)35-4/h5-8,18H,9-17H2,1-4H3,(H,29,30,34)/t18-/m0/s1. The van der Waals surface area contributed by atoms with Gasteiger partial charge in [-0.05, 0) is 48.3 Å². The van der Waals surface area contributed by atoms with Gasteiger partial charge in [-0.1, -0.05) is 32.9 Å². The van der Waals surface area contributed by atoms with Gasteiger partial charge in [0.25, 0.3) is 5.56 Å². The topological polar surface area (TPSA) is 78.5 Å². The minimum Gasteiger partial charge on any atom is -0.495 e. The predicted molar refractivity (Wildman–Crippen MR) is 145 cm³/mol. The number of carbonyl (C=O) groups is 1. The van der Waals surface area contributed by atoms with Crippen LogP contribution in [-0.2, 0) is 24.1 Å². The molecule has 2 aliphatic rings. The monoisotopic (exact) mass is 508 g/mol. The number of benzene rings is 1. The Morgan fingerprint density at radius 3 is 2.67 bits per heavy atom. The lowest BCUT2D eigenvalue weighted by Crippen LogP contribution is -2.49. The van der Waals surface area contributed by atoms with Crippen molar-refractivity contribution in [2.75, 3.05) is 38.2 Å². The molecule has 0 radical (unpaired) electrons. The van der Waals surface area contributed by atoms with Gasteiger partial charge in [0.05, 0.1) is 18.2 Å². The lowest BCUT2D eigenvalue weighted by molar-refractivity contribution is -0.131. The van der Waals surface area contributed by atoms with E-state index < -0.39 is 0 Å². The van der Waals surface area contributed by atoms with Crippen molar-refractivity contribution in [1.82, 2.24) is 14.9 Å². The second-order valence-corrected chi connectivity index (χ2v) is 12.1. The maximum absolute atomic E-state index is 13.0. The molecule has 192 valence electrons. The van der Waals surface area contributed by atoms with E-state index >= 15 is 0 Å². The number of ether oxygens (including phenoxy) is 1. The van der Waals surface area contributed by atoms with Crippen LogP contribution in [0.1, 0.15) is 49.9 Å². The van der Waals surface area contributed by atoms with E-state index in [1.54, 1.807) is 18.4 Å². The summed E-state index contributed by atoms with van der Waals surface area (Å²) in [5, 5.41) is 0.768. The minimum atomic E-state index is -0.0559. The van der Waals surface area contributed by atoms with Gasteiger partial charge in [-0.2, -0.15) is 0 Å². The van der Waals surface area contributed by atoms with E-state index in [0.29, 0.717) is 37.7 Å². The van der Waals surface area contributed by atoms with E-state index in [1.807, 2.05) is 23.1 Å². The zero-order chi connectivity index (χ0) is 25.4. The van der Waals surface area contributed by atoms with Gasteiger partial charge in [0, 0.05) is 43.9 Å². The van der Waals surface area contributed by atoms with E-state index in [0.717, 1.165) is 54.0 Å². The third kappa shape index (κ3) is 4.88. The number of carbonyl (C=O) groups excluding carboxylic acids is 1. The number of fused-ring (bicyclic) bond motifs is 3. The Balaban J connectivity index is 1.22. The van der Waals surface area contributed by atoms with Crippen molar-refractivity contribution < 1.29 is 9.53 Å². The molecule has 1 fully saturated rings. The fraction of sp³-hybridized carbons (Fsp3) is 0.536. The second-order valence-electron chi connectivity index (χ2n) is 11.0. The van der Waals surface area contributed by atoms with Gasteiger partial charge in [-0.3, -0.25) is 9.59 Å². The third-order valence-electron chi connectivity index (χ3n) is 7.83. The number of nitrogens with zero attached hydrogens (tertiary/aromatic N) is 3. The first-order valence-electron chi connectivity index (χ1n) is 12.9. The highest BCUT2D eigenvalue weighted by molar-refractivity contribution is 7.18. The highest BCUT2D eigenvalue weighted by Gasteiger charge is 2.32. The summed E-state index contributed by atoms with van der Waals surface area (Å²) in [7, 11) is 1.68. The van der Waals surface area contributed by atoms with Gasteiger partial charge in [-0.25, -0.2) is 4.98 Å². The number of hydrogen-bond donors (Lipinski definition) is 1. The Kier molecular flexibility index (Phi) is 6.81. The first-order valence-corrected chi connectivity index (χ1v) is 13.8. The van der Waals surface area contributed by atoms with Gasteiger partial charge in [-0.15, -0.1) is 11.3 Å². The van der Waals surface area contributed by atoms with Gasteiger partial charge < -0.3 is 19.5 Å². The van der Waals surface area contributed by atoms with Gasteiger partial charge in [0.1, 0.15) is 16.4 Å². The number of nitrogens with one attached hydrogen (secondary N) is 1. The summed E-state index contributed by atoms with van der Waals surface area (Å²) in [5.74, 6) is 2.19. The number of aromatic amines is 1. The molecule has 0 unspecified atom stereocenters. The van der Waals surface area contributed by atoms with Crippen LogP contribution in [0, 0.1) is 11.3 Å². The molecule has 8 heteroatoms. The molecule has 2 aromatic heterocycles. The summed E-state index contributed by atoms with van der Waals surface area (Å²) >= 11 is 1.67. The fourth-order valence-corrected chi connectivity index (χ4v) is 6.88. The Morgan fingerprint density at radius 1 is 1.19 bits per heavy atom. The molecule has 1 atom stereocenters. The van der Waals surface area contributed by atoms with Crippen molar-refractivity contribution in [1.29, 1.82) is 0 Å². The van der Waals surface area contributed by atoms with Crippen LogP contribution in [0.3, 0.4) is 0 Å². The highest BCUT2D eigenvalue weighted by Crippen LogP contribution is 2.42. The number of aryl methyl sites for hydroxylation is 2. The van der Waals surface area contributed by atoms with Crippen molar-refractivity contribution in [3.63, 3.8) is 0 Å². The van der Waals surface area contributed by atoms with E-state index in [1.165, 1.54) is 10.4 Å². The lowest BCUT2D eigenvalue weighted by Gasteiger charge is -2.36. The smallest absolute Gasteiger partial charge is 0.259 e. The average molecular weight is 509 g/mol. The van der Waals surface area contributed by atoms with Crippen molar-refractivity contribution in [2.45, 2.75) is 52.9 Å². The number of anilines is 1. The largest absolute Gasteiger partial charge is 0.495 e. The molecular formula is C28H36N4O3S. The molecule has 1 aliphatic carbocycles. The molecule has 1 aliphatic heterocycles.